The highest BCUT2D eigenvalue weighted by Gasteiger charge is 2.90. The van der Waals surface area contributed by atoms with Gasteiger partial charge in [0, 0.05) is 10.8 Å². The Morgan fingerprint density at radius 3 is 1.49 bits per heavy atom. The summed E-state index contributed by atoms with van der Waals surface area (Å²) < 4.78 is 174. The van der Waals surface area contributed by atoms with Crippen LogP contribution in [0.5, 0.6) is 0 Å². The van der Waals surface area contributed by atoms with Crippen LogP contribution in [-0.2, 0) is 19.1 Å². The highest BCUT2D eigenvalue weighted by atomic mass is 127. The first-order valence-electron chi connectivity index (χ1n) is 10.3. The van der Waals surface area contributed by atoms with E-state index in [2.05, 4.69) is 11.6 Å². The third-order valence-corrected chi connectivity index (χ3v) is 7.30. The lowest BCUT2D eigenvalue weighted by Crippen LogP contribution is -2.70. The third-order valence-electron chi connectivity index (χ3n) is 5.94. The minimum Gasteiger partial charge on any atom is -0.465 e. The molecule has 1 rings (SSSR count). The highest BCUT2D eigenvalue weighted by Crippen LogP contribution is 2.62. The molecule has 4 nitrogen and oxygen atoms in total. The Kier molecular flexibility index (Phi) is 10.1. The van der Waals surface area contributed by atoms with E-state index in [4.69, 9.17) is 9.47 Å². The van der Waals surface area contributed by atoms with Crippen molar-refractivity contribution in [3.63, 3.8) is 0 Å². The molecular weight excluding hydrogens is 683 g/mol. The van der Waals surface area contributed by atoms with Crippen LogP contribution < -0.4 is 0 Å². The number of carbonyl (C=O) groups is 2. The van der Waals surface area contributed by atoms with E-state index in [1.807, 2.05) is 0 Å². The number of esters is 2. The summed E-state index contributed by atoms with van der Waals surface area (Å²) in [6, 6.07) is 0. The number of halogens is 14. The Morgan fingerprint density at radius 1 is 0.757 bits per heavy atom. The van der Waals surface area contributed by atoms with Crippen molar-refractivity contribution in [1.82, 2.24) is 0 Å². The molecule has 2 atom stereocenters. The summed E-state index contributed by atoms with van der Waals surface area (Å²) in [6.07, 6.45) is -4.08. The van der Waals surface area contributed by atoms with Gasteiger partial charge in [0.1, 0.15) is 0 Å². The van der Waals surface area contributed by atoms with E-state index in [0.29, 0.717) is 0 Å². The Labute approximate surface area is 220 Å². The molecule has 1 aliphatic carbocycles. The van der Waals surface area contributed by atoms with Gasteiger partial charge in [-0.2, -0.15) is 52.7 Å². The molecule has 0 aromatic carbocycles. The third kappa shape index (κ3) is 5.58. The number of rotatable bonds is 12. The zero-order chi connectivity index (χ0) is 29.5. The second-order valence-corrected chi connectivity index (χ2v) is 9.67. The van der Waals surface area contributed by atoms with Crippen molar-refractivity contribution in [2.24, 2.45) is 17.3 Å². The molecule has 1 fully saturated rings. The van der Waals surface area contributed by atoms with Gasteiger partial charge in [0.25, 0.3) is 0 Å². The first-order valence-corrected chi connectivity index (χ1v) is 12.2. The number of alkyl halides is 14. The molecule has 0 amide bonds. The summed E-state index contributed by atoms with van der Waals surface area (Å²) in [5, 5.41) is -6.53. The number of hydrogen-bond donors (Lipinski definition) is 0. The van der Waals surface area contributed by atoms with E-state index in [0.717, 1.165) is 0 Å². The molecule has 18 heteroatoms. The zero-order valence-electron chi connectivity index (χ0n) is 18.8. The molecule has 0 aliphatic heterocycles. The van der Waals surface area contributed by atoms with Gasteiger partial charge in [-0.25, -0.2) is 0 Å². The summed E-state index contributed by atoms with van der Waals surface area (Å²) in [5.74, 6) is -42.2. The maximum Gasteiger partial charge on any atom is 0.393 e. The van der Waals surface area contributed by atoms with Crippen molar-refractivity contribution in [3.8, 4) is 0 Å². The fourth-order valence-corrected chi connectivity index (χ4v) is 5.10. The van der Waals surface area contributed by atoms with Crippen LogP contribution in [0, 0.1) is 17.3 Å². The first-order chi connectivity index (χ1) is 16.4. The summed E-state index contributed by atoms with van der Waals surface area (Å²) in [6.45, 7) is 1.95. The lowest BCUT2D eigenvalue weighted by atomic mass is 9.83. The van der Waals surface area contributed by atoms with Crippen LogP contribution in [0.3, 0.4) is 0 Å². The van der Waals surface area contributed by atoms with Gasteiger partial charge < -0.3 is 9.47 Å². The van der Waals surface area contributed by atoms with Crippen molar-refractivity contribution in [2.45, 2.75) is 68.1 Å². The summed E-state index contributed by atoms with van der Waals surface area (Å²) in [5.41, 5.74) is -2.34. The maximum absolute atomic E-state index is 14.6. The van der Waals surface area contributed by atoms with Gasteiger partial charge in [0.15, 0.2) is 5.41 Å². The normalized spacial score (nSPS) is 21.6. The quantitative estimate of drug-likeness (QED) is 0.0726. The average Bonchev–Trinajstić information content (AvgIpc) is 3.11. The van der Waals surface area contributed by atoms with E-state index in [9.17, 15) is 62.3 Å². The van der Waals surface area contributed by atoms with Crippen molar-refractivity contribution in [3.05, 3.63) is 0 Å². The number of hydrogen-bond acceptors (Lipinski definition) is 4. The molecule has 218 valence electrons. The van der Waals surface area contributed by atoms with Gasteiger partial charge in [0.05, 0.1) is 13.2 Å². The van der Waals surface area contributed by atoms with Gasteiger partial charge in [-0.1, -0.05) is 22.6 Å². The number of carbonyl (C=O) groups excluding carboxylic acids is 2. The standard InChI is InChI=1S/C19H20ClF12IO4/c1-3-36-11(34)13(12(35)37-4-2)5-9(10(6-13)8-33)7-14(21,22)15(23,24)16(25,26)17(27,28)18(29,30)19(20,31)32/h9-10H,3-8H2,1-2H3. The lowest BCUT2D eigenvalue weighted by molar-refractivity contribution is -0.418. The zero-order valence-corrected chi connectivity index (χ0v) is 21.7. The van der Waals surface area contributed by atoms with E-state index in [1.165, 1.54) is 36.4 Å². The van der Waals surface area contributed by atoms with Gasteiger partial charge in [-0.15, -0.1) is 0 Å². The Hall–Kier alpha value is -0.880. The summed E-state index contributed by atoms with van der Waals surface area (Å²) in [4.78, 5) is 25.0. The van der Waals surface area contributed by atoms with Crippen molar-refractivity contribution < 1.29 is 71.7 Å². The average molecular weight is 703 g/mol. The monoisotopic (exact) mass is 702 g/mol. The largest absolute Gasteiger partial charge is 0.465 e. The molecule has 37 heavy (non-hydrogen) atoms. The van der Waals surface area contributed by atoms with Gasteiger partial charge in [-0.3, -0.25) is 9.59 Å². The van der Waals surface area contributed by atoms with E-state index in [1.54, 1.807) is 0 Å². The minimum absolute atomic E-state index is 0.242. The highest BCUT2D eigenvalue weighted by molar-refractivity contribution is 14.1. The van der Waals surface area contributed by atoms with Gasteiger partial charge >= 0.3 is 46.9 Å². The maximum atomic E-state index is 14.6. The van der Waals surface area contributed by atoms with Crippen LogP contribution in [0.4, 0.5) is 52.7 Å². The predicted octanol–water partition coefficient (Wildman–Crippen LogP) is 6.96. The van der Waals surface area contributed by atoms with Crippen LogP contribution >= 0.6 is 34.2 Å². The SMILES string of the molecule is CCOC(=O)C1(C(=O)OCC)CC(CI)C(CC(F)(F)C(F)(F)C(F)(F)C(F)(F)C(F)(F)C(F)(F)Cl)C1. The molecule has 1 aliphatic rings. The van der Waals surface area contributed by atoms with E-state index >= 15 is 0 Å². The fourth-order valence-electron chi connectivity index (χ4n) is 3.95. The molecule has 1 saturated carbocycles. The molecule has 0 N–H and O–H groups in total. The summed E-state index contributed by atoms with van der Waals surface area (Å²) >= 11 is 5.21. The van der Waals surface area contributed by atoms with E-state index in [-0.39, 0.29) is 17.6 Å². The minimum atomic E-state index is -7.75. The van der Waals surface area contributed by atoms with Crippen molar-refractivity contribution in [1.29, 1.82) is 0 Å². The Bertz CT molecular complexity index is 831. The van der Waals surface area contributed by atoms with Crippen LogP contribution in [0.1, 0.15) is 33.1 Å². The summed E-state index contributed by atoms with van der Waals surface area (Å²) in [7, 11) is 0. The topological polar surface area (TPSA) is 52.6 Å². The van der Waals surface area contributed by atoms with Gasteiger partial charge in [-0.05, 0) is 50.1 Å². The van der Waals surface area contributed by atoms with Crippen LogP contribution in [0.25, 0.3) is 0 Å². The molecule has 0 heterocycles. The van der Waals surface area contributed by atoms with Crippen LogP contribution in [0.2, 0.25) is 0 Å². The molecule has 0 spiro atoms. The van der Waals surface area contributed by atoms with Crippen LogP contribution in [-0.4, -0.2) is 64.6 Å². The van der Waals surface area contributed by atoms with Crippen molar-refractivity contribution >= 4 is 46.1 Å². The van der Waals surface area contributed by atoms with Crippen LogP contribution in [0.15, 0.2) is 0 Å². The molecule has 0 saturated heterocycles. The van der Waals surface area contributed by atoms with Gasteiger partial charge in [0.2, 0.25) is 0 Å². The molecule has 0 bridgehead atoms. The first kappa shape index (κ1) is 34.1. The lowest BCUT2D eigenvalue weighted by Gasteiger charge is -2.41. The molecular formula is C19H20ClF12IO4. The second kappa shape index (κ2) is 10.9. The Morgan fingerprint density at radius 2 is 1.14 bits per heavy atom. The number of ether oxygens (including phenoxy) is 2. The molecule has 0 aromatic rings. The fraction of sp³-hybridized carbons (Fsp3) is 0.895. The predicted molar refractivity (Wildman–Crippen MR) is 111 cm³/mol. The smallest absolute Gasteiger partial charge is 0.393 e. The second-order valence-electron chi connectivity index (χ2n) is 8.31. The molecule has 0 aromatic heterocycles. The van der Waals surface area contributed by atoms with E-state index < -0.39 is 83.4 Å². The molecule has 2 unspecified atom stereocenters. The van der Waals surface area contributed by atoms with Crippen molar-refractivity contribution in [2.75, 3.05) is 17.6 Å². The Balaban J connectivity index is 3.49. The molecule has 0 radical (unpaired) electrons.